The van der Waals surface area contributed by atoms with Crippen LogP contribution in [-0.2, 0) is 6.54 Å². The van der Waals surface area contributed by atoms with Gasteiger partial charge in [-0.05, 0) is 11.6 Å². The molecule has 1 amide bonds. The minimum Gasteiger partial charge on any atom is -0.351 e. The van der Waals surface area contributed by atoms with Gasteiger partial charge in [0.1, 0.15) is 0 Å². The standard InChI is InChI=1S/C12H14N4OS/c17-12(13-6-8-18)11-4-2-1-3-10(11)9-16-7-5-14-15-16/h1-5,7,18H,6,8-9H2,(H,13,17). The summed E-state index contributed by atoms with van der Waals surface area (Å²) in [6, 6.07) is 7.47. The average molecular weight is 262 g/mol. The molecule has 6 heteroatoms. The first-order valence-electron chi connectivity index (χ1n) is 5.62. The molecule has 1 heterocycles. The quantitative estimate of drug-likeness (QED) is 0.790. The first-order valence-corrected chi connectivity index (χ1v) is 6.25. The number of thiol groups is 1. The highest BCUT2D eigenvalue weighted by Crippen LogP contribution is 2.10. The lowest BCUT2D eigenvalue weighted by Crippen LogP contribution is -2.26. The number of amides is 1. The van der Waals surface area contributed by atoms with Gasteiger partial charge < -0.3 is 5.32 Å². The predicted molar refractivity (Wildman–Crippen MR) is 71.8 cm³/mol. The highest BCUT2D eigenvalue weighted by atomic mass is 32.1. The summed E-state index contributed by atoms with van der Waals surface area (Å²) >= 11 is 4.07. The molecule has 1 aromatic heterocycles. The Morgan fingerprint density at radius 3 is 2.94 bits per heavy atom. The van der Waals surface area contributed by atoms with Crippen LogP contribution in [0.2, 0.25) is 0 Å². The van der Waals surface area contributed by atoms with Gasteiger partial charge in [0.15, 0.2) is 0 Å². The lowest BCUT2D eigenvalue weighted by atomic mass is 10.1. The molecule has 0 aliphatic rings. The first-order chi connectivity index (χ1) is 8.81. The summed E-state index contributed by atoms with van der Waals surface area (Å²) in [5.74, 6) is 0.538. The van der Waals surface area contributed by atoms with E-state index in [0.29, 0.717) is 24.4 Å². The molecule has 1 aromatic carbocycles. The number of aromatic nitrogens is 3. The maximum Gasteiger partial charge on any atom is 0.251 e. The maximum atomic E-state index is 12.0. The Morgan fingerprint density at radius 2 is 2.22 bits per heavy atom. The van der Waals surface area contributed by atoms with Gasteiger partial charge in [0.05, 0.1) is 12.7 Å². The predicted octanol–water partition coefficient (Wildman–Crippen LogP) is 0.986. The van der Waals surface area contributed by atoms with Crippen molar-refractivity contribution in [3.05, 3.63) is 47.8 Å². The largest absolute Gasteiger partial charge is 0.351 e. The van der Waals surface area contributed by atoms with E-state index in [1.807, 2.05) is 18.2 Å². The number of hydrogen-bond donors (Lipinski definition) is 2. The van der Waals surface area contributed by atoms with Crippen molar-refractivity contribution in [2.45, 2.75) is 6.54 Å². The molecule has 0 saturated heterocycles. The summed E-state index contributed by atoms with van der Waals surface area (Å²) in [5.41, 5.74) is 1.58. The summed E-state index contributed by atoms with van der Waals surface area (Å²) in [7, 11) is 0. The fourth-order valence-corrected chi connectivity index (χ4v) is 1.75. The number of nitrogens with one attached hydrogen (secondary N) is 1. The van der Waals surface area contributed by atoms with Crippen LogP contribution in [0.1, 0.15) is 15.9 Å². The van der Waals surface area contributed by atoms with Crippen molar-refractivity contribution in [1.82, 2.24) is 20.3 Å². The number of nitrogens with zero attached hydrogens (tertiary/aromatic N) is 3. The third-order valence-corrected chi connectivity index (χ3v) is 2.69. The van der Waals surface area contributed by atoms with Gasteiger partial charge in [0.2, 0.25) is 0 Å². The molecule has 18 heavy (non-hydrogen) atoms. The zero-order valence-electron chi connectivity index (χ0n) is 9.78. The molecule has 0 radical (unpaired) electrons. The first kappa shape index (κ1) is 12.6. The average Bonchev–Trinajstić information content (AvgIpc) is 2.89. The van der Waals surface area contributed by atoms with Crippen LogP contribution in [-0.4, -0.2) is 33.2 Å². The summed E-state index contributed by atoms with van der Waals surface area (Å²) in [6.07, 6.45) is 3.38. The Bertz CT molecular complexity index is 513. The number of carbonyl (C=O) groups is 1. The van der Waals surface area contributed by atoms with Crippen molar-refractivity contribution in [2.24, 2.45) is 0 Å². The Kier molecular flexibility index (Phi) is 4.35. The van der Waals surface area contributed by atoms with Gasteiger partial charge in [-0.25, -0.2) is 4.68 Å². The van der Waals surface area contributed by atoms with Crippen LogP contribution in [0, 0.1) is 0 Å². The van der Waals surface area contributed by atoms with Gasteiger partial charge >= 0.3 is 0 Å². The van der Waals surface area contributed by atoms with Crippen molar-refractivity contribution in [2.75, 3.05) is 12.3 Å². The van der Waals surface area contributed by atoms with E-state index in [1.54, 1.807) is 23.1 Å². The summed E-state index contributed by atoms with van der Waals surface area (Å²) in [6.45, 7) is 1.09. The van der Waals surface area contributed by atoms with Gasteiger partial charge in [-0.3, -0.25) is 4.79 Å². The Morgan fingerprint density at radius 1 is 1.39 bits per heavy atom. The van der Waals surface area contributed by atoms with E-state index in [2.05, 4.69) is 28.3 Å². The fourth-order valence-electron chi connectivity index (χ4n) is 1.64. The maximum absolute atomic E-state index is 12.0. The van der Waals surface area contributed by atoms with Crippen LogP contribution in [0.15, 0.2) is 36.7 Å². The second-order valence-electron chi connectivity index (χ2n) is 3.74. The van der Waals surface area contributed by atoms with Crippen LogP contribution in [0.3, 0.4) is 0 Å². The second kappa shape index (κ2) is 6.20. The van der Waals surface area contributed by atoms with E-state index < -0.39 is 0 Å². The molecule has 0 unspecified atom stereocenters. The SMILES string of the molecule is O=C(NCCS)c1ccccc1Cn1ccnn1. The third kappa shape index (κ3) is 3.10. The van der Waals surface area contributed by atoms with Crippen molar-refractivity contribution in [3.8, 4) is 0 Å². The smallest absolute Gasteiger partial charge is 0.251 e. The van der Waals surface area contributed by atoms with Gasteiger partial charge in [-0.1, -0.05) is 23.4 Å². The highest BCUT2D eigenvalue weighted by molar-refractivity contribution is 7.80. The minimum absolute atomic E-state index is 0.0836. The van der Waals surface area contributed by atoms with E-state index in [-0.39, 0.29) is 5.91 Å². The van der Waals surface area contributed by atoms with E-state index in [4.69, 9.17) is 0 Å². The fraction of sp³-hybridized carbons (Fsp3) is 0.250. The highest BCUT2D eigenvalue weighted by Gasteiger charge is 2.10. The lowest BCUT2D eigenvalue weighted by Gasteiger charge is -2.09. The van der Waals surface area contributed by atoms with Gasteiger partial charge in [0.25, 0.3) is 5.91 Å². The van der Waals surface area contributed by atoms with Crippen molar-refractivity contribution in [1.29, 1.82) is 0 Å². The molecule has 0 spiro atoms. The van der Waals surface area contributed by atoms with Crippen molar-refractivity contribution < 1.29 is 4.79 Å². The minimum atomic E-state index is -0.0836. The van der Waals surface area contributed by atoms with E-state index >= 15 is 0 Å². The zero-order valence-corrected chi connectivity index (χ0v) is 10.7. The molecular weight excluding hydrogens is 248 g/mol. The summed E-state index contributed by atoms with van der Waals surface area (Å²) in [4.78, 5) is 12.0. The summed E-state index contributed by atoms with van der Waals surface area (Å²) in [5, 5.41) is 10.4. The number of carbonyl (C=O) groups excluding carboxylic acids is 1. The molecule has 0 aliphatic heterocycles. The third-order valence-electron chi connectivity index (χ3n) is 2.46. The number of rotatable bonds is 5. The number of benzene rings is 1. The van der Waals surface area contributed by atoms with E-state index in [1.165, 1.54) is 0 Å². The molecule has 94 valence electrons. The van der Waals surface area contributed by atoms with Crippen LogP contribution in [0.4, 0.5) is 0 Å². The van der Waals surface area contributed by atoms with Gasteiger partial charge in [-0.2, -0.15) is 12.6 Å². The molecule has 5 nitrogen and oxygen atoms in total. The van der Waals surface area contributed by atoms with Crippen LogP contribution >= 0.6 is 12.6 Å². The van der Waals surface area contributed by atoms with Crippen LogP contribution < -0.4 is 5.32 Å². The van der Waals surface area contributed by atoms with Crippen LogP contribution in [0.25, 0.3) is 0 Å². The van der Waals surface area contributed by atoms with Crippen molar-refractivity contribution >= 4 is 18.5 Å². The molecule has 0 bridgehead atoms. The molecule has 0 aliphatic carbocycles. The van der Waals surface area contributed by atoms with E-state index in [9.17, 15) is 4.79 Å². The van der Waals surface area contributed by atoms with Crippen molar-refractivity contribution in [3.63, 3.8) is 0 Å². The Balaban J connectivity index is 2.17. The van der Waals surface area contributed by atoms with Gasteiger partial charge in [0, 0.05) is 24.1 Å². The molecule has 2 rings (SSSR count). The molecular formula is C12H14N4OS. The topological polar surface area (TPSA) is 59.8 Å². The second-order valence-corrected chi connectivity index (χ2v) is 4.18. The molecule has 2 aromatic rings. The number of hydrogen-bond acceptors (Lipinski definition) is 4. The normalized spacial score (nSPS) is 10.3. The zero-order chi connectivity index (χ0) is 12.8. The van der Waals surface area contributed by atoms with Crippen LogP contribution in [0.5, 0.6) is 0 Å². The molecule has 0 saturated carbocycles. The van der Waals surface area contributed by atoms with E-state index in [0.717, 1.165) is 5.56 Å². The lowest BCUT2D eigenvalue weighted by molar-refractivity contribution is 0.0955. The molecule has 0 atom stereocenters. The van der Waals surface area contributed by atoms with Gasteiger partial charge in [-0.15, -0.1) is 5.10 Å². The Labute approximate surface area is 111 Å². The monoisotopic (exact) mass is 262 g/mol. The molecule has 1 N–H and O–H groups in total. The summed E-state index contributed by atoms with van der Waals surface area (Å²) < 4.78 is 1.69. The molecule has 0 fully saturated rings. The Hall–Kier alpha value is -1.82.